The molecule has 0 amide bonds. The Hall–Kier alpha value is -11.0. The van der Waals surface area contributed by atoms with Crippen molar-refractivity contribution < 1.29 is 8.83 Å². The monoisotopic (exact) mass is 1160 g/mol. The van der Waals surface area contributed by atoms with Crippen LogP contribution < -0.4 is 0 Å². The summed E-state index contributed by atoms with van der Waals surface area (Å²) >= 11 is 3.75. The lowest BCUT2D eigenvalue weighted by molar-refractivity contribution is 0.669. The first-order chi connectivity index (χ1) is 43.6. The predicted molar refractivity (Wildman–Crippen MR) is 372 cm³/mol. The standard InChI is InChI=1S/C41H25NO2.C41H25NS2/c2*1-3-19-38-34(13-1)36-17-7-15-32(40(36)43-38)28-11-5-9-26(21-28)30-23-31(25-42-24-30)27-10-6-12-29(22-27)33-16-8-18-37-35-14-2-4-20-39(35)44-41(33)37/h2*1-25H. The van der Waals surface area contributed by atoms with Crippen LogP contribution in [0.2, 0.25) is 0 Å². The first kappa shape index (κ1) is 51.4. The summed E-state index contributed by atoms with van der Waals surface area (Å²) in [6.07, 6.45) is 7.82. The molecule has 6 aromatic heterocycles. The molecule has 0 saturated carbocycles. The van der Waals surface area contributed by atoms with E-state index in [1.165, 1.54) is 73.7 Å². The maximum atomic E-state index is 6.33. The Morgan fingerprint density at radius 3 is 0.898 bits per heavy atom. The first-order valence-corrected chi connectivity index (χ1v) is 31.2. The molecule has 0 N–H and O–H groups in total. The van der Waals surface area contributed by atoms with E-state index in [0.29, 0.717) is 0 Å². The number of thiophene rings is 2. The van der Waals surface area contributed by atoms with E-state index in [2.05, 4.69) is 260 Å². The average Bonchev–Trinajstić information content (AvgIpc) is 3.21. The minimum Gasteiger partial charge on any atom is -0.455 e. The van der Waals surface area contributed by atoms with Crippen LogP contribution >= 0.6 is 22.7 Å². The van der Waals surface area contributed by atoms with E-state index >= 15 is 0 Å². The lowest BCUT2D eigenvalue weighted by Crippen LogP contribution is -1.87. The van der Waals surface area contributed by atoms with Gasteiger partial charge in [0.25, 0.3) is 0 Å². The number of pyridine rings is 2. The van der Waals surface area contributed by atoms with Gasteiger partial charge in [0.2, 0.25) is 0 Å². The van der Waals surface area contributed by atoms with Crippen LogP contribution in [0.5, 0.6) is 0 Å². The van der Waals surface area contributed by atoms with Gasteiger partial charge in [-0.25, -0.2) is 0 Å². The molecule has 0 aliphatic heterocycles. The van der Waals surface area contributed by atoms with Crippen molar-refractivity contribution in [2.75, 3.05) is 0 Å². The normalized spacial score (nSPS) is 11.6. The van der Waals surface area contributed by atoms with Crippen LogP contribution in [0.25, 0.3) is 173 Å². The lowest BCUT2D eigenvalue weighted by Gasteiger charge is -2.10. The van der Waals surface area contributed by atoms with Crippen molar-refractivity contribution in [2.45, 2.75) is 0 Å². The molecule has 412 valence electrons. The molecule has 6 heteroatoms. The fourth-order valence-corrected chi connectivity index (χ4v) is 15.4. The van der Waals surface area contributed by atoms with Gasteiger partial charge in [-0.05, 0) is 116 Å². The second-order valence-electron chi connectivity index (χ2n) is 22.4. The summed E-state index contributed by atoms with van der Waals surface area (Å²) in [6.45, 7) is 0. The largest absolute Gasteiger partial charge is 0.455 e. The third kappa shape index (κ3) is 9.05. The van der Waals surface area contributed by atoms with Crippen LogP contribution in [-0.4, -0.2) is 9.97 Å². The molecule has 18 aromatic rings. The van der Waals surface area contributed by atoms with Crippen molar-refractivity contribution in [1.82, 2.24) is 9.97 Å². The highest BCUT2D eigenvalue weighted by Gasteiger charge is 2.18. The van der Waals surface area contributed by atoms with Crippen LogP contribution in [0.4, 0.5) is 0 Å². The fourth-order valence-electron chi connectivity index (χ4n) is 12.9. The topological polar surface area (TPSA) is 52.1 Å². The Kier molecular flexibility index (Phi) is 12.6. The van der Waals surface area contributed by atoms with Gasteiger partial charge in [0.15, 0.2) is 0 Å². The molecule has 0 aliphatic carbocycles. The lowest BCUT2D eigenvalue weighted by atomic mass is 9.95. The second kappa shape index (κ2) is 21.5. The van der Waals surface area contributed by atoms with Crippen LogP contribution in [-0.2, 0) is 0 Å². The molecule has 88 heavy (non-hydrogen) atoms. The van der Waals surface area contributed by atoms with Gasteiger partial charge in [0, 0.05) is 120 Å². The molecule has 0 bridgehead atoms. The van der Waals surface area contributed by atoms with Crippen LogP contribution in [0.3, 0.4) is 0 Å². The number of hydrogen-bond acceptors (Lipinski definition) is 6. The number of furan rings is 2. The van der Waals surface area contributed by atoms with Gasteiger partial charge in [0.1, 0.15) is 22.3 Å². The highest BCUT2D eigenvalue weighted by molar-refractivity contribution is 7.26. The molecule has 4 nitrogen and oxygen atoms in total. The molecular weight excluding hydrogens is 1110 g/mol. The summed E-state index contributed by atoms with van der Waals surface area (Å²) in [7, 11) is 0. The number of fused-ring (bicyclic) bond motifs is 12. The molecule has 6 heterocycles. The molecule has 12 aromatic carbocycles. The van der Waals surface area contributed by atoms with E-state index in [9.17, 15) is 0 Å². The predicted octanol–water partition coefficient (Wildman–Crippen LogP) is 24.0. The van der Waals surface area contributed by atoms with E-state index < -0.39 is 0 Å². The number of nitrogens with zero attached hydrogens (tertiary/aromatic N) is 2. The van der Waals surface area contributed by atoms with Crippen LogP contribution in [0.15, 0.2) is 313 Å². The molecular formula is C82H50N2O2S2. The minimum atomic E-state index is 0.904. The molecule has 0 aliphatic rings. The van der Waals surface area contributed by atoms with Gasteiger partial charge in [0.05, 0.1) is 0 Å². The first-order valence-electron chi connectivity index (χ1n) is 29.5. The summed E-state index contributed by atoms with van der Waals surface area (Å²) in [6, 6.07) is 99.3. The zero-order valence-corrected chi connectivity index (χ0v) is 49.0. The Labute approximate surface area is 515 Å². The van der Waals surface area contributed by atoms with Crippen molar-refractivity contribution in [3.63, 3.8) is 0 Å². The van der Waals surface area contributed by atoms with E-state index in [0.717, 1.165) is 99.5 Å². The maximum absolute atomic E-state index is 6.33. The zero-order valence-electron chi connectivity index (χ0n) is 47.4. The van der Waals surface area contributed by atoms with E-state index in [4.69, 9.17) is 13.8 Å². The Morgan fingerprint density at radius 2 is 0.500 bits per heavy atom. The summed E-state index contributed by atoms with van der Waals surface area (Å²) in [5.74, 6) is 0. The van der Waals surface area contributed by atoms with Crippen molar-refractivity contribution in [3.05, 3.63) is 304 Å². The van der Waals surface area contributed by atoms with Crippen LogP contribution in [0.1, 0.15) is 0 Å². The van der Waals surface area contributed by atoms with Gasteiger partial charge >= 0.3 is 0 Å². The third-order valence-electron chi connectivity index (χ3n) is 17.1. The SMILES string of the molecule is c1cc(-c2cncc(-c3cccc(-c4cccc5c4oc4ccccc45)c3)c2)cc(-c2cccc3c2oc2ccccc23)c1.c1cc(-c2cncc(-c3cccc(-c4cccc5c4sc4ccccc45)c3)c2)cc(-c2cccc3c2sc2ccccc23)c1. The Morgan fingerprint density at radius 1 is 0.216 bits per heavy atom. The van der Waals surface area contributed by atoms with Gasteiger partial charge < -0.3 is 8.83 Å². The second-order valence-corrected chi connectivity index (χ2v) is 24.5. The van der Waals surface area contributed by atoms with Gasteiger partial charge in [-0.3, -0.25) is 9.97 Å². The van der Waals surface area contributed by atoms with E-state index in [1.807, 2.05) is 71.7 Å². The smallest absolute Gasteiger partial charge is 0.143 e. The van der Waals surface area contributed by atoms with Crippen molar-refractivity contribution in [3.8, 4) is 89.0 Å². The molecule has 18 rings (SSSR count). The highest BCUT2D eigenvalue weighted by atomic mass is 32.1. The van der Waals surface area contributed by atoms with E-state index in [-0.39, 0.29) is 0 Å². The van der Waals surface area contributed by atoms with Crippen LogP contribution in [0, 0.1) is 0 Å². The van der Waals surface area contributed by atoms with Gasteiger partial charge in [-0.15, -0.1) is 22.7 Å². The quantitative estimate of drug-likeness (QED) is 0.152. The Bertz CT molecular complexity index is 5040. The highest BCUT2D eigenvalue weighted by Crippen LogP contribution is 2.44. The zero-order chi connectivity index (χ0) is 58.1. The molecule has 0 atom stereocenters. The summed E-state index contributed by atoms with van der Waals surface area (Å²) in [4.78, 5) is 9.37. The molecule has 0 radical (unpaired) electrons. The number of rotatable bonds is 8. The van der Waals surface area contributed by atoms with E-state index in [1.54, 1.807) is 0 Å². The average molecular weight is 1160 g/mol. The number of para-hydroxylation sites is 4. The number of benzene rings is 12. The minimum absolute atomic E-state index is 0.904. The van der Waals surface area contributed by atoms with Gasteiger partial charge in [-0.2, -0.15) is 0 Å². The molecule has 0 saturated heterocycles. The fraction of sp³-hybridized carbons (Fsp3) is 0. The molecule has 0 spiro atoms. The summed E-state index contributed by atoms with van der Waals surface area (Å²) in [5.41, 5.74) is 21.9. The van der Waals surface area contributed by atoms with Gasteiger partial charge in [-0.1, -0.05) is 218 Å². The van der Waals surface area contributed by atoms with Crippen molar-refractivity contribution in [2.24, 2.45) is 0 Å². The van der Waals surface area contributed by atoms with Crippen molar-refractivity contribution in [1.29, 1.82) is 0 Å². The van der Waals surface area contributed by atoms with Crippen molar-refractivity contribution >= 4 is 107 Å². The summed E-state index contributed by atoms with van der Waals surface area (Å²) in [5, 5.41) is 9.83. The molecule has 0 unspecified atom stereocenters. The molecule has 0 fully saturated rings. The maximum Gasteiger partial charge on any atom is 0.143 e. The summed E-state index contributed by atoms with van der Waals surface area (Å²) < 4.78 is 18.0. The Balaban J connectivity index is 0.000000137. The number of hydrogen-bond donors (Lipinski definition) is 0. The number of aromatic nitrogens is 2. The third-order valence-corrected chi connectivity index (χ3v) is 19.6.